The molecule has 1 aromatic rings. The SMILES string of the molecule is CCCCC(c1ccccc1)P(=O)(O)O. The van der Waals surface area contributed by atoms with Gasteiger partial charge in [0.15, 0.2) is 0 Å². The van der Waals surface area contributed by atoms with Crippen molar-refractivity contribution < 1.29 is 14.4 Å². The van der Waals surface area contributed by atoms with Crippen molar-refractivity contribution in [1.29, 1.82) is 0 Å². The third-order valence-electron chi connectivity index (χ3n) is 2.42. The van der Waals surface area contributed by atoms with Crippen LogP contribution in [0.2, 0.25) is 0 Å². The minimum Gasteiger partial charge on any atom is -0.324 e. The summed E-state index contributed by atoms with van der Waals surface area (Å²) in [5, 5.41) is 0. The van der Waals surface area contributed by atoms with Crippen LogP contribution in [0.1, 0.15) is 37.4 Å². The van der Waals surface area contributed by atoms with Gasteiger partial charge in [-0.3, -0.25) is 4.57 Å². The number of hydrogen-bond acceptors (Lipinski definition) is 1. The molecule has 2 N–H and O–H groups in total. The number of hydrogen-bond donors (Lipinski definition) is 2. The molecule has 1 unspecified atom stereocenters. The summed E-state index contributed by atoms with van der Waals surface area (Å²) < 4.78 is 11.3. The van der Waals surface area contributed by atoms with E-state index >= 15 is 0 Å². The third kappa shape index (κ3) is 3.78. The summed E-state index contributed by atoms with van der Waals surface area (Å²) in [5.74, 6) is 0. The van der Waals surface area contributed by atoms with Gasteiger partial charge in [0.1, 0.15) is 0 Å². The predicted molar refractivity (Wildman–Crippen MR) is 60.8 cm³/mol. The molecule has 0 saturated carbocycles. The van der Waals surface area contributed by atoms with E-state index in [9.17, 15) is 14.4 Å². The fourth-order valence-corrected chi connectivity index (χ4v) is 2.68. The molecule has 15 heavy (non-hydrogen) atoms. The van der Waals surface area contributed by atoms with E-state index in [2.05, 4.69) is 0 Å². The van der Waals surface area contributed by atoms with Crippen molar-refractivity contribution in [3.63, 3.8) is 0 Å². The molecule has 0 bridgehead atoms. The maximum absolute atomic E-state index is 11.3. The molecule has 84 valence electrons. The molecule has 0 radical (unpaired) electrons. The highest BCUT2D eigenvalue weighted by molar-refractivity contribution is 7.52. The van der Waals surface area contributed by atoms with E-state index in [0.717, 1.165) is 18.4 Å². The summed E-state index contributed by atoms with van der Waals surface area (Å²) in [6.45, 7) is 2.02. The Balaban J connectivity index is 2.87. The Kier molecular flexibility index (Phi) is 4.52. The Labute approximate surface area is 90.3 Å². The molecule has 4 heteroatoms. The largest absolute Gasteiger partial charge is 0.332 e. The molecule has 3 nitrogen and oxygen atoms in total. The molecule has 0 aliphatic rings. The molecule has 0 fully saturated rings. The van der Waals surface area contributed by atoms with Gasteiger partial charge < -0.3 is 9.79 Å². The Bertz CT molecular complexity index is 331. The first-order chi connectivity index (χ1) is 7.05. The van der Waals surface area contributed by atoms with E-state index in [0.29, 0.717) is 6.42 Å². The first kappa shape index (κ1) is 12.4. The Morgan fingerprint density at radius 2 is 1.87 bits per heavy atom. The van der Waals surface area contributed by atoms with Gasteiger partial charge in [-0.15, -0.1) is 0 Å². The lowest BCUT2D eigenvalue weighted by atomic mass is 10.1. The van der Waals surface area contributed by atoms with Crippen molar-refractivity contribution in [1.82, 2.24) is 0 Å². The topological polar surface area (TPSA) is 57.5 Å². The van der Waals surface area contributed by atoms with Crippen LogP contribution in [0.25, 0.3) is 0 Å². The van der Waals surface area contributed by atoms with Crippen molar-refractivity contribution in [2.24, 2.45) is 0 Å². The quantitative estimate of drug-likeness (QED) is 0.761. The van der Waals surface area contributed by atoms with Crippen LogP contribution in [0.3, 0.4) is 0 Å². The van der Waals surface area contributed by atoms with Crippen LogP contribution in [0.5, 0.6) is 0 Å². The lowest BCUT2D eigenvalue weighted by Gasteiger charge is -2.18. The molecule has 1 aromatic carbocycles. The predicted octanol–water partition coefficient (Wildman–Crippen LogP) is 3.10. The van der Waals surface area contributed by atoms with Crippen molar-refractivity contribution >= 4 is 7.60 Å². The molecule has 0 aromatic heterocycles. The van der Waals surface area contributed by atoms with Crippen LogP contribution >= 0.6 is 7.60 Å². The van der Waals surface area contributed by atoms with Crippen molar-refractivity contribution in [3.05, 3.63) is 35.9 Å². The van der Waals surface area contributed by atoms with Gasteiger partial charge in [-0.05, 0) is 12.0 Å². The van der Waals surface area contributed by atoms with Crippen LogP contribution in [0.15, 0.2) is 30.3 Å². The average Bonchev–Trinajstić information content (AvgIpc) is 2.18. The zero-order valence-electron chi connectivity index (χ0n) is 8.84. The third-order valence-corrected chi connectivity index (χ3v) is 3.79. The van der Waals surface area contributed by atoms with Crippen LogP contribution < -0.4 is 0 Å². The molecule has 1 rings (SSSR count). The molecular weight excluding hydrogens is 211 g/mol. The number of rotatable bonds is 5. The highest BCUT2D eigenvalue weighted by Gasteiger charge is 2.29. The Hall–Kier alpha value is -0.630. The molecule has 0 heterocycles. The summed E-state index contributed by atoms with van der Waals surface area (Å²) in [6.07, 6.45) is 2.33. The molecule has 0 saturated heterocycles. The lowest BCUT2D eigenvalue weighted by Crippen LogP contribution is -1.99. The maximum Gasteiger partial charge on any atom is 0.332 e. The highest BCUT2D eigenvalue weighted by atomic mass is 31.2. The lowest BCUT2D eigenvalue weighted by molar-refractivity contribution is 0.354. The van der Waals surface area contributed by atoms with Crippen molar-refractivity contribution in [3.8, 4) is 0 Å². The minimum atomic E-state index is -4.03. The molecule has 0 aliphatic heterocycles. The van der Waals surface area contributed by atoms with Gasteiger partial charge in [-0.1, -0.05) is 50.1 Å². The Morgan fingerprint density at radius 1 is 1.27 bits per heavy atom. The van der Waals surface area contributed by atoms with E-state index in [1.165, 1.54) is 0 Å². The zero-order valence-corrected chi connectivity index (χ0v) is 9.73. The van der Waals surface area contributed by atoms with E-state index in [4.69, 9.17) is 0 Å². The first-order valence-electron chi connectivity index (χ1n) is 5.16. The van der Waals surface area contributed by atoms with Crippen LogP contribution in [0.4, 0.5) is 0 Å². The van der Waals surface area contributed by atoms with E-state index in [1.54, 1.807) is 12.1 Å². The van der Waals surface area contributed by atoms with Crippen LogP contribution in [-0.4, -0.2) is 9.79 Å². The molecule has 1 atom stereocenters. The first-order valence-corrected chi connectivity index (χ1v) is 6.84. The fraction of sp³-hybridized carbons (Fsp3) is 0.455. The van der Waals surface area contributed by atoms with Gasteiger partial charge in [0.05, 0.1) is 5.66 Å². The second-order valence-electron chi connectivity index (χ2n) is 3.66. The highest BCUT2D eigenvalue weighted by Crippen LogP contribution is 2.54. The van der Waals surface area contributed by atoms with E-state index in [-0.39, 0.29) is 0 Å². The zero-order chi connectivity index (χ0) is 11.3. The van der Waals surface area contributed by atoms with Crippen molar-refractivity contribution in [2.75, 3.05) is 0 Å². The monoisotopic (exact) mass is 228 g/mol. The summed E-state index contributed by atoms with van der Waals surface area (Å²) in [6, 6.07) is 9.02. The molecular formula is C11H17O3P. The van der Waals surface area contributed by atoms with Gasteiger partial charge >= 0.3 is 7.60 Å². The van der Waals surface area contributed by atoms with Gasteiger partial charge in [0.25, 0.3) is 0 Å². The van der Waals surface area contributed by atoms with Gasteiger partial charge in [0.2, 0.25) is 0 Å². The number of benzene rings is 1. The average molecular weight is 228 g/mol. The smallest absolute Gasteiger partial charge is 0.324 e. The van der Waals surface area contributed by atoms with Crippen LogP contribution in [-0.2, 0) is 4.57 Å². The second-order valence-corrected chi connectivity index (χ2v) is 5.46. The standard InChI is InChI=1S/C11H17O3P/c1-2-3-9-11(15(12,13)14)10-7-5-4-6-8-10/h4-8,11H,2-3,9H2,1H3,(H2,12,13,14). The Morgan fingerprint density at radius 3 is 2.33 bits per heavy atom. The van der Waals surface area contributed by atoms with Gasteiger partial charge in [-0.25, -0.2) is 0 Å². The fourth-order valence-electron chi connectivity index (χ4n) is 1.60. The molecule has 0 spiro atoms. The van der Waals surface area contributed by atoms with E-state index in [1.807, 2.05) is 25.1 Å². The van der Waals surface area contributed by atoms with Gasteiger partial charge in [-0.2, -0.15) is 0 Å². The number of unbranched alkanes of at least 4 members (excludes halogenated alkanes) is 1. The molecule has 0 aliphatic carbocycles. The van der Waals surface area contributed by atoms with E-state index < -0.39 is 13.3 Å². The summed E-state index contributed by atoms with van der Waals surface area (Å²) in [4.78, 5) is 18.5. The summed E-state index contributed by atoms with van der Waals surface area (Å²) in [5.41, 5.74) is 0.0953. The minimum absolute atomic E-state index is 0.546. The van der Waals surface area contributed by atoms with Gasteiger partial charge in [0, 0.05) is 0 Å². The summed E-state index contributed by atoms with van der Waals surface area (Å²) >= 11 is 0. The second kappa shape index (κ2) is 5.45. The maximum atomic E-state index is 11.3. The normalized spacial score (nSPS) is 13.8. The van der Waals surface area contributed by atoms with Crippen molar-refractivity contribution in [2.45, 2.75) is 31.8 Å². The van der Waals surface area contributed by atoms with Crippen LogP contribution in [0, 0.1) is 0 Å². The summed E-state index contributed by atoms with van der Waals surface area (Å²) in [7, 11) is -4.03. The molecule has 0 amide bonds.